The molecule has 0 unspecified atom stereocenters. The van der Waals surface area contributed by atoms with Crippen molar-refractivity contribution >= 4 is 17.4 Å². The molecule has 0 bridgehead atoms. The Morgan fingerprint density at radius 3 is 2.71 bits per heavy atom. The SMILES string of the molecule is CSc1cc(C#N)cc([N+](=O)[O-])c1O. The molecular formula is C8H6N2O3S. The minimum atomic E-state index is -0.712. The number of hydrogen-bond donors (Lipinski definition) is 1. The summed E-state index contributed by atoms with van der Waals surface area (Å²) < 4.78 is 0. The molecule has 1 aromatic rings. The van der Waals surface area contributed by atoms with Gasteiger partial charge in [0.05, 0.1) is 21.5 Å². The molecule has 1 aromatic carbocycles. The summed E-state index contributed by atoms with van der Waals surface area (Å²) in [5.74, 6) is -0.387. The molecule has 6 heteroatoms. The normalized spacial score (nSPS) is 9.43. The predicted molar refractivity (Wildman–Crippen MR) is 51.3 cm³/mol. The van der Waals surface area contributed by atoms with Crippen LogP contribution in [0, 0.1) is 21.4 Å². The molecule has 0 fully saturated rings. The zero-order chi connectivity index (χ0) is 10.7. The number of nitro groups is 1. The largest absolute Gasteiger partial charge is 0.501 e. The minimum absolute atomic E-state index is 0.166. The van der Waals surface area contributed by atoms with E-state index in [0.717, 1.165) is 17.8 Å². The van der Waals surface area contributed by atoms with E-state index in [0.29, 0.717) is 4.90 Å². The standard InChI is InChI=1S/C8H6N2O3S/c1-14-7-3-5(4-9)2-6(8(7)11)10(12)13/h2-3,11H,1H3. The maximum absolute atomic E-state index is 10.5. The molecular weight excluding hydrogens is 204 g/mol. The van der Waals surface area contributed by atoms with Gasteiger partial charge in [-0.2, -0.15) is 5.26 Å². The Morgan fingerprint density at radius 2 is 2.29 bits per heavy atom. The number of phenolic OH excluding ortho intramolecular Hbond substituents is 1. The lowest BCUT2D eigenvalue weighted by Crippen LogP contribution is -1.91. The molecule has 72 valence electrons. The summed E-state index contributed by atoms with van der Waals surface area (Å²) in [6, 6.07) is 4.26. The van der Waals surface area contributed by atoms with Crippen LogP contribution in [0.5, 0.6) is 5.75 Å². The number of nitrogens with zero attached hydrogens (tertiary/aromatic N) is 2. The first-order valence-corrected chi connectivity index (χ1v) is 4.78. The van der Waals surface area contributed by atoms with Crippen LogP contribution in [0.1, 0.15) is 5.56 Å². The van der Waals surface area contributed by atoms with Crippen LogP contribution < -0.4 is 0 Å². The summed E-state index contributed by atoms with van der Waals surface area (Å²) in [6.45, 7) is 0. The zero-order valence-electron chi connectivity index (χ0n) is 7.22. The summed E-state index contributed by atoms with van der Waals surface area (Å²) in [4.78, 5) is 10.1. The van der Waals surface area contributed by atoms with E-state index in [4.69, 9.17) is 5.26 Å². The number of thioether (sulfide) groups is 1. The van der Waals surface area contributed by atoms with Crippen LogP contribution in [0.4, 0.5) is 5.69 Å². The smallest absolute Gasteiger partial charge is 0.313 e. The first-order chi connectivity index (χ1) is 6.60. The second-order valence-electron chi connectivity index (χ2n) is 2.42. The maximum Gasteiger partial charge on any atom is 0.313 e. The number of aromatic hydroxyl groups is 1. The zero-order valence-corrected chi connectivity index (χ0v) is 8.04. The van der Waals surface area contributed by atoms with Crippen LogP contribution in [-0.4, -0.2) is 16.3 Å². The Labute approximate surface area is 84.1 Å². The van der Waals surface area contributed by atoms with E-state index >= 15 is 0 Å². The fourth-order valence-electron chi connectivity index (χ4n) is 0.952. The molecule has 0 aliphatic carbocycles. The number of nitro benzene ring substituents is 1. The quantitative estimate of drug-likeness (QED) is 0.457. The van der Waals surface area contributed by atoms with Gasteiger partial charge in [0.15, 0.2) is 0 Å². The van der Waals surface area contributed by atoms with Gasteiger partial charge in [0.2, 0.25) is 5.75 Å². The van der Waals surface area contributed by atoms with Gasteiger partial charge in [-0.1, -0.05) is 0 Å². The van der Waals surface area contributed by atoms with Crippen LogP contribution >= 0.6 is 11.8 Å². The summed E-state index contributed by atoms with van der Waals surface area (Å²) in [7, 11) is 0. The summed E-state index contributed by atoms with van der Waals surface area (Å²) >= 11 is 1.15. The number of rotatable bonds is 2. The number of phenols is 1. The van der Waals surface area contributed by atoms with Crippen molar-refractivity contribution in [1.82, 2.24) is 0 Å². The molecule has 0 saturated heterocycles. The second-order valence-corrected chi connectivity index (χ2v) is 3.26. The Balaban J connectivity index is 3.44. The molecule has 0 heterocycles. The fraction of sp³-hybridized carbons (Fsp3) is 0.125. The monoisotopic (exact) mass is 210 g/mol. The molecule has 0 amide bonds. The molecule has 0 saturated carbocycles. The highest BCUT2D eigenvalue weighted by Gasteiger charge is 2.18. The first-order valence-electron chi connectivity index (χ1n) is 3.55. The third-order valence-corrected chi connectivity index (χ3v) is 2.35. The lowest BCUT2D eigenvalue weighted by atomic mass is 10.2. The third kappa shape index (κ3) is 1.78. The van der Waals surface area contributed by atoms with Gasteiger partial charge in [-0.3, -0.25) is 10.1 Å². The maximum atomic E-state index is 10.5. The summed E-state index contributed by atoms with van der Waals surface area (Å²) in [6.07, 6.45) is 1.67. The van der Waals surface area contributed by atoms with Crippen molar-refractivity contribution in [2.45, 2.75) is 4.90 Å². The highest BCUT2D eigenvalue weighted by molar-refractivity contribution is 7.98. The fourth-order valence-corrected chi connectivity index (χ4v) is 1.50. The van der Waals surface area contributed by atoms with Gasteiger partial charge >= 0.3 is 5.69 Å². The van der Waals surface area contributed by atoms with Gasteiger partial charge in [-0.25, -0.2) is 0 Å². The third-order valence-electron chi connectivity index (χ3n) is 1.60. The molecule has 0 aromatic heterocycles. The van der Waals surface area contributed by atoms with Gasteiger partial charge in [0, 0.05) is 6.07 Å². The first kappa shape index (κ1) is 10.3. The second kappa shape index (κ2) is 3.98. The molecule has 0 radical (unpaired) electrons. The predicted octanol–water partition coefficient (Wildman–Crippen LogP) is 1.89. The molecule has 0 atom stereocenters. The summed E-state index contributed by atoms with van der Waals surface area (Å²) in [5.41, 5.74) is -0.271. The molecule has 1 rings (SSSR count). The van der Waals surface area contributed by atoms with Crippen LogP contribution in [0.3, 0.4) is 0 Å². The van der Waals surface area contributed by atoms with E-state index < -0.39 is 10.6 Å². The van der Waals surface area contributed by atoms with Crippen LogP contribution in [-0.2, 0) is 0 Å². The van der Waals surface area contributed by atoms with Gasteiger partial charge < -0.3 is 5.11 Å². The minimum Gasteiger partial charge on any atom is -0.501 e. The highest BCUT2D eigenvalue weighted by atomic mass is 32.2. The Bertz CT molecular complexity index is 425. The lowest BCUT2D eigenvalue weighted by Gasteiger charge is -2.01. The highest BCUT2D eigenvalue weighted by Crippen LogP contribution is 2.36. The van der Waals surface area contributed by atoms with Crippen molar-refractivity contribution in [3.63, 3.8) is 0 Å². The van der Waals surface area contributed by atoms with Crippen molar-refractivity contribution in [2.24, 2.45) is 0 Å². The molecule has 0 spiro atoms. The van der Waals surface area contributed by atoms with Crippen molar-refractivity contribution in [3.05, 3.63) is 27.8 Å². The Morgan fingerprint density at radius 1 is 1.64 bits per heavy atom. The molecule has 14 heavy (non-hydrogen) atoms. The summed E-state index contributed by atoms with van der Waals surface area (Å²) in [5, 5.41) is 28.5. The molecule has 0 aliphatic heterocycles. The van der Waals surface area contributed by atoms with Gasteiger partial charge in [0.1, 0.15) is 0 Å². The van der Waals surface area contributed by atoms with E-state index in [-0.39, 0.29) is 11.3 Å². The van der Waals surface area contributed by atoms with Crippen molar-refractivity contribution in [3.8, 4) is 11.8 Å². The number of benzene rings is 1. The van der Waals surface area contributed by atoms with Crippen molar-refractivity contribution in [1.29, 1.82) is 5.26 Å². The van der Waals surface area contributed by atoms with Gasteiger partial charge in [-0.15, -0.1) is 11.8 Å². The van der Waals surface area contributed by atoms with E-state index in [1.807, 2.05) is 0 Å². The van der Waals surface area contributed by atoms with Crippen molar-refractivity contribution in [2.75, 3.05) is 6.26 Å². The molecule has 5 nitrogen and oxygen atoms in total. The lowest BCUT2D eigenvalue weighted by molar-refractivity contribution is -0.386. The average Bonchev–Trinajstić information content (AvgIpc) is 2.17. The topological polar surface area (TPSA) is 87.2 Å². The van der Waals surface area contributed by atoms with Crippen LogP contribution in [0.25, 0.3) is 0 Å². The molecule has 0 aliphatic rings. The van der Waals surface area contributed by atoms with Gasteiger partial charge in [0.25, 0.3) is 0 Å². The number of nitriles is 1. The van der Waals surface area contributed by atoms with E-state index in [1.54, 1.807) is 12.3 Å². The Hall–Kier alpha value is -1.74. The van der Waals surface area contributed by atoms with Gasteiger partial charge in [-0.05, 0) is 12.3 Å². The van der Waals surface area contributed by atoms with E-state index in [2.05, 4.69) is 0 Å². The average molecular weight is 210 g/mol. The molecule has 1 N–H and O–H groups in total. The van der Waals surface area contributed by atoms with Crippen LogP contribution in [0.15, 0.2) is 17.0 Å². The van der Waals surface area contributed by atoms with Crippen LogP contribution in [0.2, 0.25) is 0 Å². The Kier molecular flexibility index (Phi) is 2.94. The van der Waals surface area contributed by atoms with E-state index in [1.165, 1.54) is 6.07 Å². The number of hydrogen-bond acceptors (Lipinski definition) is 5. The van der Waals surface area contributed by atoms with Crippen molar-refractivity contribution < 1.29 is 10.0 Å². The van der Waals surface area contributed by atoms with E-state index in [9.17, 15) is 15.2 Å².